The molecule has 2 aromatic carbocycles. The van der Waals surface area contributed by atoms with Crippen molar-refractivity contribution in [3.63, 3.8) is 0 Å². The van der Waals surface area contributed by atoms with Crippen molar-refractivity contribution in [2.24, 2.45) is 0 Å². The van der Waals surface area contributed by atoms with Crippen LogP contribution in [-0.4, -0.2) is 28.6 Å². The van der Waals surface area contributed by atoms with Crippen LogP contribution in [0.25, 0.3) is 0 Å². The third kappa shape index (κ3) is 5.12. The van der Waals surface area contributed by atoms with Gasteiger partial charge in [-0.3, -0.25) is 4.79 Å². The summed E-state index contributed by atoms with van der Waals surface area (Å²) in [5.41, 5.74) is 2.05. The molecule has 2 aromatic rings. The number of urea groups is 1. The van der Waals surface area contributed by atoms with Crippen LogP contribution in [0.1, 0.15) is 30.5 Å². The number of nitrogens with one attached hydrogen (secondary N) is 1. The first-order valence-corrected chi connectivity index (χ1v) is 7.93. The van der Waals surface area contributed by atoms with Crippen molar-refractivity contribution in [1.29, 1.82) is 0 Å². The Hall–Kier alpha value is -2.82. The third-order valence-corrected chi connectivity index (χ3v) is 3.82. The minimum absolute atomic E-state index is 0.0926. The predicted octanol–water partition coefficient (Wildman–Crippen LogP) is 3.43. The van der Waals surface area contributed by atoms with Crippen LogP contribution in [-0.2, 0) is 11.3 Å². The molecule has 0 aliphatic carbocycles. The lowest BCUT2D eigenvalue weighted by atomic mass is 10.1. The Morgan fingerprint density at radius 3 is 2.21 bits per heavy atom. The van der Waals surface area contributed by atoms with E-state index in [9.17, 15) is 9.59 Å². The molecule has 0 aromatic heterocycles. The van der Waals surface area contributed by atoms with E-state index in [-0.39, 0.29) is 25.0 Å². The summed E-state index contributed by atoms with van der Waals surface area (Å²) in [6.45, 7) is 2.53. The molecule has 0 spiro atoms. The first-order chi connectivity index (χ1) is 11.6. The van der Waals surface area contributed by atoms with E-state index in [1.165, 1.54) is 0 Å². The highest BCUT2D eigenvalue weighted by Crippen LogP contribution is 2.22. The Bertz CT molecular complexity index is 659. The van der Waals surface area contributed by atoms with Gasteiger partial charge in [0.1, 0.15) is 0 Å². The topological polar surface area (TPSA) is 69.6 Å². The van der Waals surface area contributed by atoms with Crippen LogP contribution in [0.2, 0.25) is 0 Å². The molecule has 0 aliphatic rings. The Morgan fingerprint density at radius 1 is 1.04 bits per heavy atom. The quantitative estimate of drug-likeness (QED) is 0.819. The number of carboxylic acids is 1. The lowest BCUT2D eigenvalue weighted by Gasteiger charge is -2.30. The van der Waals surface area contributed by atoms with E-state index in [1.54, 1.807) is 4.90 Å². The molecule has 0 unspecified atom stereocenters. The monoisotopic (exact) mass is 326 g/mol. The van der Waals surface area contributed by atoms with Crippen molar-refractivity contribution in [3.8, 4) is 0 Å². The minimum Gasteiger partial charge on any atom is -0.481 e. The Kier molecular flexibility index (Phi) is 6.37. The summed E-state index contributed by atoms with van der Waals surface area (Å²) in [5.74, 6) is -0.930. The van der Waals surface area contributed by atoms with Crippen LogP contribution in [0.15, 0.2) is 60.7 Å². The molecule has 2 amide bonds. The fraction of sp³-hybridized carbons (Fsp3) is 0.263. The summed E-state index contributed by atoms with van der Waals surface area (Å²) in [6.07, 6.45) is -0.0926. The maximum atomic E-state index is 12.6. The van der Waals surface area contributed by atoms with Gasteiger partial charge in [0.15, 0.2) is 0 Å². The van der Waals surface area contributed by atoms with Gasteiger partial charge < -0.3 is 15.3 Å². The molecule has 0 saturated carbocycles. The van der Waals surface area contributed by atoms with Gasteiger partial charge in [-0.15, -0.1) is 0 Å². The first kappa shape index (κ1) is 17.5. The van der Waals surface area contributed by atoms with Crippen molar-refractivity contribution in [2.45, 2.75) is 25.9 Å². The summed E-state index contributed by atoms with van der Waals surface area (Å²) in [5, 5.41) is 11.4. The average Bonchev–Trinajstić information content (AvgIpc) is 2.60. The summed E-state index contributed by atoms with van der Waals surface area (Å²) >= 11 is 0. The second kappa shape index (κ2) is 8.72. The van der Waals surface area contributed by atoms with Crippen LogP contribution in [0, 0.1) is 0 Å². The number of carbonyl (C=O) groups excluding carboxylic acids is 1. The van der Waals surface area contributed by atoms with Crippen LogP contribution in [0.5, 0.6) is 0 Å². The average molecular weight is 326 g/mol. The van der Waals surface area contributed by atoms with Crippen molar-refractivity contribution in [1.82, 2.24) is 10.2 Å². The number of amides is 2. The van der Waals surface area contributed by atoms with Crippen LogP contribution in [0.4, 0.5) is 4.79 Å². The number of hydrogen-bond acceptors (Lipinski definition) is 2. The van der Waals surface area contributed by atoms with Crippen LogP contribution in [0.3, 0.4) is 0 Å². The van der Waals surface area contributed by atoms with Crippen molar-refractivity contribution in [3.05, 3.63) is 71.8 Å². The number of benzene rings is 2. The number of aliphatic carboxylic acids is 1. The number of rotatable bonds is 7. The second-order valence-electron chi connectivity index (χ2n) is 5.58. The molecule has 126 valence electrons. The van der Waals surface area contributed by atoms with E-state index >= 15 is 0 Å². The standard InChI is InChI=1S/C19H22N2O3/c1-15(17-10-6-3-7-11-17)21(14-16-8-4-2-5-9-16)19(24)20-13-12-18(22)23/h2-11,15H,12-14H2,1H3,(H,20,24)(H,22,23)/t15-/m0/s1. The van der Waals surface area contributed by atoms with Gasteiger partial charge in [0.2, 0.25) is 0 Å². The fourth-order valence-corrected chi connectivity index (χ4v) is 2.45. The largest absolute Gasteiger partial charge is 0.481 e. The summed E-state index contributed by atoms with van der Waals surface area (Å²) < 4.78 is 0. The number of hydrogen-bond donors (Lipinski definition) is 2. The zero-order valence-corrected chi connectivity index (χ0v) is 13.7. The first-order valence-electron chi connectivity index (χ1n) is 7.93. The molecule has 1 atom stereocenters. The SMILES string of the molecule is C[C@@H](c1ccccc1)N(Cc1ccccc1)C(=O)NCCC(=O)O. The van der Waals surface area contributed by atoms with E-state index in [4.69, 9.17) is 5.11 Å². The highest BCUT2D eigenvalue weighted by Gasteiger charge is 2.21. The van der Waals surface area contributed by atoms with E-state index in [0.717, 1.165) is 11.1 Å². The zero-order chi connectivity index (χ0) is 17.4. The van der Waals surface area contributed by atoms with Gasteiger partial charge in [-0.25, -0.2) is 4.79 Å². The van der Waals surface area contributed by atoms with Crippen LogP contribution >= 0.6 is 0 Å². The summed E-state index contributed by atoms with van der Waals surface area (Å²) in [6, 6.07) is 19.1. The number of nitrogens with zero attached hydrogens (tertiary/aromatic N) is 1. The number of carboxylic acid groups (broad SMARTS) is 1. The van der Waals surface area contributed by atoms with Gasteiger partial charge in [-0.05, 0) is 18.1 Å². The molecule has 24 heavy (non-hydrogen) atoms. The zero-order valence-electron chi connectivity index (χ0n) is 13.7. The Morgan fingerprint density at radius 2 is 1.62 bits per heavy atom. The molecule has 0 bridgehead atoms. The summed E-state index contributed by atoms with van der Waals surface area (Å²) in [7, 11) is 0. The van der Waals surface area contributed by atoms with Gasteiger partial charge >= 0.3 is 12.0 Å². The van der Waals surface area contributed by atoms with E-state index in [1.807, 2.05) is 67.6 Å². The van der Waals surface area contributed by atoms with Crippen LogP contribution < -0.4 is 5.32 Å². The molecular weight excluding hydrogens is 304 g/mol. The van der Waals surface area contributed by atoms with E-state index in [0.29, 0.717) is 6.54 Å². The number of carbonyl (C=O) groups is 2. The predicted molar refractivity (Wildman–Crippen MR) is 92.5 cm³/mol. The molecule has 0 aliphatic heterocycles. The molecule has 5 heteroatoms. The van der Waals surface area contributed by atoms with Gasteiger partial charge in [-0.2, -0.15) is 0 Å². The fourth-order valence-electron chi connectivity index (χ4n) is 2.45. The van der Waals surface area contributed by atoms with Gasteiger partial charge in [0.05, 0.1) is 12.5 Å². The molecule has 2 N–H and O–H groups in total. The highest BCUT2D eigenvalue weighted by molar-refractivity contribution is 5.75. The minimum atomic E-state index is -0.930. The van der Waals surface area contributed by atoms with Crippen molar-refractivity contribution >= 4 is 12.0 Å². The second-order valence-corrected chi connectivity index (χ2v) is 5.58. The third-order valence-electron chi connectivity index (χ3n) is 3.82. The van der Waals surface area contributed by atoms with Gasteiger partial charge in [-0.1, -0.05) is 60.7 Å². The molecule has 0 radical (unpaired) electrons. The maximum Gasteiger partial charge on any atom is 0.318 e. The summed E-state index contributed by atoms with van der Waals surface area (Å²) in [4.78, 5) is 24.9. The lowest BCUT2D eigenvalue weighted by molar-refractivity contribution is -0.136. The maximum absolute atomic E-state index is 12.6. The smallest absolute Gasteiger partial charge is 0.318 e. The normalized spacial score (nSPS) is 11.5. The highest BCUT2D eigenvalue weighted by atomic mass is 16.4. The molecule has 0 heterocycles. The lowest BCUT2D eigenvalue weighted by Crippen LogP contribution is -2.41. The van der Waals surface area contributed by atoms with E-state index in [2.05, 4.69) is 5.32 Å². The molecule has 0 saturated heterocycles. The molecular formula is C19H22N2O3. The molecule has 5 nitrogen and oxygen atoms in total. The van der Waals surface area contributed by atoms with E-state index < -0.39 is 5.97 Å². The molecule has 0 fully saturated rings. The van der Waals surface area contributed by atoms with Gasteiger partial charge in [0, 0.05) is 13.1 Å². The van der Waals surface area contributed by atoms with Crippen molar-refractivity contribution < 1.29 is 14.7 Å². The van der Waals surface area contributed by atoms with Gasteiger partial charge in [0.25, 0.3) is 0 Å². The Balaban J connectivity index is 2.14. The Labute approximate surface area is 141 Å². The molecule has 2 rings (SSSR count). The van der Waals surface area contributed by atoms with Crippen molar-refractivity contribution in [2.75, 3.05) is 6.54 Å².